The Morgan fingerprint density at radius 2 is 2.00 bits per heavy atom. The molecule has 0 radical (unpaired) electrons. The molecule has 72 valence electrons. The number of hydrogen-bond acceptors (Lipinski definition) is 2. The summed E-state index contributed by atoms with van der Waals surface area (Å²) in [5.41, 5.74) is -0.317. The van der Waals surface area contributed by atoms with Gasteiger partial charge in [0, 0.05) is 18.6 Å². The predicted octanol–water partition coefficient (Wildman–Crippen LogP) is 1.18. The molecule has 1 N–H and O–H groups in total. The summed E-state index contributed by atoms with van der Waals surface area (Å²) in [6.45, 7) is 8.15. The maximum absolute atomic E-state index is 11.4. The number of hydrogen-bond donors (Lipinski definition) is 1. The summed E-state index contributed by atoms with van der Waals surface area (Å²) in [7, 11) is 1.62. The Hall–Kier alpha value is -0.570. The Balaban J connectivity index is 3.85. The first-order valence-electron chi connectivity index (χ1n) is 4.18. The van der Waals surface area contributed by atoms with Crippen molar-refractivity contribution in [1.29, 1.82) is 0 Å². The van der Waals surface area contributed by atoms with Gasteiger partial charge in [0.2, 0.25) is 5.91 Å². The highest BCUT2D eigenvalue weighted by Crippen LogP contribution is 2.12. The molecule has 12 heavy (non-hydrogen) atoms. The monoisotopic (exact) mass is 173 g/mol. The van der Waals surface area contributed by atoms with Crippen molar-refractivity contribution in [3.63, 3.8) is 0 Å². The fourth-order valence-corrected chi connectivity index (χ4v) is 0.732. The summed E-state index contributed by atoms with van der Waals surface area (Å²) in [5, 5.41) is 2.86. The summed E-state index contributed by atoms with van der Waals surface area (Å²) >= 11 is 0. The van der Waals surface area contributed by atoms with Crippen molar-refractivity contribution >= 4 is 5.91 Å². The van der Waals surface area contributed by atoms with Crippen LogP contribution in [-0.2, 0) is 9.53 Å². The standard InChI is InChI=1S/C9H19NO2/c1-7(6-12-5)10-8(11)9(2,3)4/h7H,6H2,1-5H3,(H,10,11)/t7-/m0/s1. The van der Waals surface area contributed by atoms with Crippen LogP contribution < -0.4 is 5.32 Å². The average Bonchev–Trinajstić information content (AvgIpc) is 1.85. The number of carbonyl (C=O) groups is 1. The van der Waals surface area contributed by atoms with E-state index in [1.807, 2.05) is 27.7 Å². The summed E-state index contributed by atoms with van der Waals surface area (Å²) in [5.74, 6) is 0.0621. The van der Waals surface area contributed by atoms with Gasteiger partial charge in [-0.2, -0.15) is 0 Å². The van der Waals surface area contributed by atoms with Crippen LogP contribution in [0.4, 0.5) is 0 Å². The Morgan fingerprint density at radius 1 is 1.50 bits per heavy atom. The smallest absolute Gasteiger partial charge is 0.225 e. The second-order valence-electron chi connectivity index (χ2n) is 4.08. The first kappa shape index (κ1) is 11.4. The molecule has 0 fully saturated rings. The van der Waals surface area contributed by atoms with Gasteiger partial charge in [-0.3, -0.25) is 4.79 Å². The van der Waals surface area contributed by atoms with E-state index in [0.29, 0.717) is 6.61 Å². The minimum absolute atomic E-state index is 0.0621. The Labute approximate surface area is 74.5 Å². The van der Waals surface area contributed by atoms with Crippen LogP contribution in [0.15, 0.2) is 0 Å². The third-order valence-electron chi connectivity index (χ3n) is 1.48. The van der Waals surface area contributed by atoms with Crippen LogP contribution in [-0.4, -0.2) is 25.7 Å². The lowest BCUT2D eigenvalue weighted by Crippen LogP contribution is -2.42. The minimum atomic E-state index is -0.317. The van der Waals surface area contributed by atoms with Gasteiger partial charge in [0.15, 0.2) is 0 Å². The molecule has 0 aliphatic heterocycles. The van der Waals surface area contributed by atoms with E-state index in [9.17, 15) is 4.79 Å². The maximum atomic E-state index is 11.4. The van der Waals surface area contributed by atoms with Crippen molar-refractivity contribution < 1.29 is 9.53 Å². The lowest BCUT2D eigenvalue weighted by Gasteiger charge is -2.21. The van der Waals surface area contributed by atoms with E-state index in [4.69, 9.17) is 4.74 Å². The number of methoxy groups -OCH3 is 1. The molecule has 3 nitrogen and oxygen atoms in total. The summed E-state index contributed by atoms with van der Waals surface area (Å²) < 4.78 is 4.90. The molecule has 0 aliphatic carbocycles. The topological polar surface area (TPSA) is 38.3 Å². The van der Waals surface area contributed by atoms with E-state index in [0.717, 1.165) is 0 Å². The van der Waals surface area contributed by atoms with Gasteiger partial charge in [-0.15, -0.1) is 0 Å². The molecule has 0 saturated carbocycles. The van der Waals surface area contributed by atoms with Gasteiger partial charge < -0.3 is 10.1 Å². The lowest BCUT2D eigenvalue weighted by molar-refractivity contribution is -0.129. The van der Waals surface area contributed by atoms with E-state index < -0.39 is 0 Å². The summed E-state index contributed by atoms with van der Waals surface area (Å²) in [6, 6.07) is 0.0849. The van der Waals surface area contributed by atoms with E-state index in [1.54, 1.807) is 7.11 Å². The Kier molecular flexibility index (Phi) is 4.24. The van der Waals surface area contributed by atoms with Gasteiger partial charge in [-0.05, 0) is 6.92 Å². The molecule has 0 bridgehead atoms. The fourth-order valence-electron chi connectivity index (χ4n) is 0.732. The molecule has 0 unspecified atom stereocenters. The van der Waals surface area contributed by atoms with Crippen molar-refractivity contribution in [3.8, 4) is 0 Å². The number of ether oxygens (including phenoxy) is 1. The first-order chi connectivity index (χ1) is 5.38. The first-order valence-corrected chi connectivity index (χ1v) is 4.18. The zero-order chi connectivity index (χ0) is 9.78. The molecule has 0 rings (SSSR count). The molecule has 0 aromatic heterocycles. The van der Waals surface area contributed by atoms with Crippen LogP contribution in [0, 0.1) is 5.41 Å². The van der Waals surface area contributed by atoms with Crippen molar-refractivity contribution in [1.82, 2.24) is 5.32 Å². The lowest BCUT2D eigenvalue weighted by atomic mass is 9.95. The van der Waals surface area contributed by atoms with Crippen LogP contribution in [0.5, 0.6) is 0 Å². The van der Waals surface area contributed by atoms with E-state index in [2.05, 4.69) is 5.32 Å². The maximum Gasteiger partial charge on any atom is 0.225 e. The highest BCUT2D eigenvalue weighted by Gasteiger charge is 2.22. The Morgan fingerprint density at radius 3 is 2.33 bits per heavy atom. The number of carbonyl (C=O) groups excluding carboxylic acids is 1. The van der Waals surface area contributed by atoms with Gasteiger partial charge in [0.1, 0.15) is 0 Å². The molecule has 3 heteroatoms. The van der Waals surface area contributed by atoms with Crippen molar-refractivity contribution in [3.05, 3.63) is 0 Å². The zero-order valence-corrected chi connectivity index (χ0v) is 8.60. The minimum Gasteiger partial charge on any atom is -0.383 e. The van der Waals surface area contributed by atoms with Crippen LogP contribution in [0.3, 0.4) is 0 Å². The molecular weight excluding hydrogens is 154 g/mol. The molecular formula is C9H19NO2. The van der Waals surface area contributed by atoms with Crippen molar-refractivity contribution in [2.24, 2.45) is 5.41 Å². The number of nitrogens with one attached hydrogen (secondary N) is 1. The molecule has 1 amide bonds. The van der Waals surface area contributed by atoms with Crippen LogP contribution >= 0.6 is 0 Å². The van der Waals surface area contributed by atoms with Crippen molar-refractivity contribution in [2.45, 2.75) is 33.7 Å². The molecule has 0 heterocycles. The SMILES string of the molecule is COC[C@H](C)NC(=O)C(C)(C)C. The largest absolute Gasteiger partial charge is 0.383 e. The van der Waals surface area contributed by atoms with E-state index in [1.165, 1.54) is 0 Å². The molecule has 0 saturated heterocycles. The van der Waals surface area contributed by atoms with Gasteiger partial charge in [-0.25, -0.2) is 0 Å². The summed E-state index contributed by atoms with van der Waals surface area (Å²) in [6.07, 6.45) is 0. The van der Waals surface area contributed by atoms with E-state index >= 15 is 0 Å². The molecule has 1 atom stereocenters. The van der Waals surface area contributed by atoms with Crippen LogP contribution in [0.2, 0.25) is 0 Å². The van der Waals surface area contributed by atoms with Gasteiger partial charge in [0.25, 0.3) is 0 Å². The second kappa shape index (κ2) is 4.45. The van der Waals surface area contributed by atoms with Gasteiger partial charge in [-0.1, -0.05) is 20.8 Å². The highest BCUT2D eigenvalue weighted by atomic mass is 16.5. The van der Waals surface area contributed by atoms with Crippen LogP contribution in [0.1, 0.15) is 27.7 Å². The average molecular weight is 173 g/mol. The summed E-state index contributed by atoms with van der Waals surface area (Å²) in [4.78, 5) is 11.4. The molecule has 0 aliphatic rings. The van der Waals surface area contributed by atoms with Crippen molar-refractivity contribution in [2.75, 3.05) is 13.7 Å². The highest BCUT2D eigenvalue weighted by molar-refractivity contribution is 5.81. The van der Waals surface area contributed by atoms with E-state index in [-0.39, 0.29) is 17.4 Å². The quantitative estimate of drug-likeness (QED) is 0.696. The van der Waals surface area contributed by atoms with Gasteiger partial charge in [0.05, 0.1) is 6.61 Å². The number of rotatable bonds is 3. The Bertz CT molecular complexity index is 149. The molecule has 0 aromatic rings. The number of amides is 1. The van der Waals surface area contributed by atoms with Gasteiger partial charge >= 0.3 is 0 Å². The normalized spacial score (nSPS) is 14.1. The molecule has 0 aromatic carbocycles. The third-order valence-corrected chi connectivity index (χ3v) is 1.48. The second-order valence-corrected chi connectivity index (χ2v) is 4.08. The van der Waals surface area contributed by atoms with Crippen LogP contribution in [0.25, 0.3) is 0 Å². The third kappa shape index (κ3) is 4.34. The predicted molar refractivity (Wildman–Crippen MR) is 48.9 cm³/mol. The zero-order valence-electron chi connectivity index (χ0n) is 8.60. The fraction of sp³-hybridized carbons (Fsp3) is 0.889. The molecule has 0 spiro atoms.